The van der Waals surface area contributed by atoms with Crippen LogP contribution in [0.2, 0.25) is 0 Å². The van der Waals surface area contributed by atoms with Crippen molar-refractivity contribution in [1.29, 1.82) is 0 Å². The van der Waals surface area contributed by atoms with Gasteiger partial charge >= 0.3 is 5.97 Å². The first-order valence-electron chi connectivity index (χ1n) is 7.13. The fraction of sp³-hybridized carbons (Fsp3) is 0.438. The third-order valence-corrected chi connectivity index (χ3v) is 4.34. The number of imide groups is 1. The molecule has 1 atom stereocenters. The first-order valence-corrected chi connectivity index (χ1v) is 7.13. The fourth-order valence-corrected chi connectivity index (χ4v) is 2.99. The topological polar surface area (TPSA) is 74.7 Å². The number of hydrogen-bond donors (Lipinski definition) is 1. The predicted molar refractivity (Wildman–Crippen MR) is 76.6 cm³/mol. The summed E-state index contributed by atoms with van der Waals surface area (Å²) in [5, 5.41) is 9.53. The lowest BCUT2D eigenvalue weighted by Gasteiger charge is -2.35. The summed E-state index contributed by atoms with van der Waals surface area (Å²) < 4.78 is 0. The number of carboxylic acids is 1. The molecule has 0 radical (unpaired) electrons. The summed E-state index contributed by atoms with van der Waals surface area (Å²) in [6, 6.07) is 9.03. The van der Waals surface area contributed by atoms with E-state index in [1.807, 2.05) is 6.07 Å². The maximum Gasteiger partial charge on any atom is 0.330 e. The van der Waals surface area contributed by atoms with E-state index in [9.17, 15) is 19.5 Å². The molecular weight excluding hydrogens is 270 g/mol. The van der Waals surface area contributed by atoms with Crippen LogP contribution in [0.1, 0.15) is 44.6 Å². The van der Waals surface area contributed by atoms with Crippen molar-refractivity contribution in [3.63, 3.8) is 0 Å². The van der Waals surface area contributed by atoms with Gasteiger partial charge in [-0.05, 0) is 18.4 Å². The first kappa shape index (κ1) is 15.2. The minimum atomic E-state index is -1.43. The van der Waals surface area contributed by atoms with Crippen molar-refractivity contribution in [2.45, 2.75) is 44.6 Å². The molecule has 1 aliphatic heterocycles. The second-order valence-electron chi connectivity index (χ2n) is 5.28. The van der Waals surface area contributed by atoms with E-state index in [2.05, 4.69) is 0 Å². The van der Waals surface area contributed by atoms with E-state index in [-0.39, 0.29) is 19.3 Å². The van der Waals surface area contributed by atoms with E-state index >= 15 is 0 Å². The first-order chi connectivity index (χ1) is 9.97. The van der Waals surface area contributed by atoms with Crippen molar-refractivity contribution in [1.82, 2.24) is 4.90 Å². The molecule has 1 saturated heterocycles. The van der Waals surface area contributed by atoms with Crippen molar-refractivity contribution in [2.75, 3.05) is 0 Å². The van der Waals surface area contributed by atoms with Crippen LogP contribution in [0.4, 0.5) is 0 Å². The van der Waals surface area contributed by atoms with Gasteiger partial charge in [0.1, 0.15) is 5.54 Å². The number of carbonyl (C=O) groups excluding carboxylic acids is 2. The molecule has 0 spiro atoms. The number of rotatable bonds is 5. The molecular formula is C16H19NO4. The highest BCUT2D eigenvalue weighted by molar-refractivity contribution is 6.09. The molecule has 0 bridgehead atoms. The Morgan fingerprint density at radius 2 is 1.81 bits per heavy atom. The van der Waals surface area contributed by atoms with Gasteiger partial charge in [0.2, 0.25) is 11.8 Å². The number of carbonyl (C=O) groups is 3. The Labute approximate surface area is 123 Å². The molecule has 1 N–H and O–H groups in total. The third kappa shape index (κ3) is 2.33. The zero-order chi connectivity index (χ0) is 15.6. The molecule has 1 heterocycles. The van der Waals surface area contributed by atoms with Crippen molar-refractivity contribution in [3.05, 3.63) is 35.9 Å². The molecule has 1 unspecified atom stereocenters. The summed E-state index contributed by atoms with van der Waals surface area (Å²) in [5.74, 6) is -2.50. The van der Waals surface area contributed by atoms with Gasteiger partial charge < -0.3 is 5.11 Å². The zero-order valence-electron chi connectivity index (χ0n) is 12.2. The highest BCUT2D eigenvalue weighted by atomic mass is 16.4. The largest absolute Gasteiger partial charge is 0.479 e. The monoisotopic (exact) mass is 289 g/mol. The molecule has 0 saturated carbocycles. The van der Waals surface area contributed by atoms with Crippen LogP contribution in [0.5, 0.6) is 0 Å². The van der Waals surface area contributed by atoms with E-state index in [0.717, 1.165) is 10.5 Å². The molecule has 1 fully saturated rings. The van der Waals surface area contributed by atoms with Crippen molar-refractivity contribution >= 4 is 17.8 Å². The average molecular weight is 289 g/mol. The highest BCUT2D eigenvalue weighted by Crippen LogP contribution is 2.37. The van der Waals surface area contributed by atoms with Crippen LogP contribution in [0.25, 0.3) is 0 Å². The van der Waals surface area contributed by atoms with Gasteiger partial charge in [0.05, 0.1) is 5.92 Å². The normalized spacial score (nSPS) is 19.1. The summed E-state index contributed by atoms with van der Waals surface area (Å²) in [4.78, 5) is 37.5. The minimum Gasteiger partial charge on any atom is -0.479 e. The number of benzene rings is 1. The van der Waals surface area contributed by atoms with E-state index in [1.54, 1.807) is 38.1 Å². The highest BCUT2D eigenvalue weighted by Gasteiger charge is 2.53. The number of nitrogens with zero attached hydrogens (tertiary/aromatic N) is 1. The van der Waals surface area contributed by atoms with Crippen molar-refractivity contribution in [2.24, 2.45) is 0 Å². The van der Waals surface area contributed by atoms with Gasteiger partial charge in [-0.15, -0.1) is 0 Å². The molecule has 5 nitrogen and oxygen atoms in total. The third-order valence-electron chi connectivity index (χ3n) is 4.34. The Kier molecular flexibility index (Phi) is 4.11. The van der Waals surface area contributed by atoms with Gasteiger partial charge in [-0.1, -0.05) is 44.2 Å². The minimum absolute atomic E-state index is 0.0396. The summed E-state index contributed by atoms with van der Waals surface area (Å²) in [6.07, 6.45) is 0.452. The Morgan fingerprint density at radius 3 is 2.29 bits per heavy atom. The number of likely N-dealkylation sites (tertiary alicyclic amines) is 1. The van der Waals surface area contributed by atoms with Gasteiger partial charge in [-0.3, -0.25) is 14.5 Å². The molecule has 0 aliphatic carbocycles. The Bertz CT molecular complexity index is 563. The van der Waals surface area contributed by atoms with Crippen molar-refractivity contribution < 1.29 is 19.5 Å². The van der Waals surface area contributed by atoms with Gasteiger partial charge in [-0.25, -0.2) is 4.79 Å². The van der Waals surface area contributed by atoms with Crippen LogP contribution < -0.4 is 0 Å². The van der Waals surface area contributed by atoms with E-state index in [4.69, 9.17) is 0 Å². The van der Waals surface area contributed by atoms with E-state index < -0.39 is 29.2 Å². The molecule has 1 aromatic rings. The average Bonchev–Trinajstić information content (AvgIpc) is 2.78. The number of amides is 2. The molecule has 2 rings (SSSR count). The van der Waals surface area contributed by atoms with Gasteiger partial charge in [-0.2, -0.15) is 0 Å². The smallest absolute Gasteiger partial charge is 0.330 e. The molecule has 1 aliphatic rings. The van der Waals surface area contributed by atoms with Crippen molar-refractivity contribution in [3.8, 4) is 0 Å². The second-order valence-corrected chi connectivity index (χ2v) is 5.28. The summed E-state index contributed by atoms with van der Waals surface area (Å²) in [7, 11) is 0. The predicted octanol–water partition coefficient (Wildman–Crippen LogP) is 2.17. The molecule has 112 valence electrons. The Morgan fingerprint density at radius 1 is 1.24 bits per heavy atom. The summed E-state index contributed by atoms with van der Waals surface area (Å²) in [5.41, 5.74) is -0.678. The van der Waals surface area contributed by atoms with Crippen LogP contribution in [0, 0.1) is 0 Å². The van der Waals surface area contributed by atoms with Crippen LogP contribution in [-0.2, 0) is 14.4 Å². The summed E-state index contributed by atoms with van der Waals surface area (Å²) >= 11 is 0. The molecule has 2 amide bonds. The van der Waals surface area contributed by atoms with Crippen LogP contribution in [-0.4, -0.2) is 33.3 Å². The number of hydrogen-bond acceptors (Lipinski definition) is 3. The SMILES string of the molecule is CCC(CC)(C(=O)O)N1C(=O)CC(c2ccccc2)C1=O. The number of aliphatic carboxylic acids is 1. The Balaban J connectivity index is 2.41. The van der Waals surface area contributed by atoms with Crippen LogP contribution in [0.15, 0.2) is 30.3 Å². The lowest BCUT2D eigenvalue weighted by molar-refractivity contribution is -0.163. The van der Waals surface area contributed by atoms with E-state index in [1.165, 1.54) is 0 Å². The van der Waals surface area contributed by atoms with Gasteiger partial charge in [0.15, 0.2) is 0 Å². The van der Waals surface area contributed by atoms with Crippen LogP contribution >= 0.6 is 0 Å². The molecule has 0 aromatic heterocycles. The quantitative estimate of drug-likeness (QED) is 0.843. The molecule has 21 heavy (non-hydrogen) atoms. The standard InChI is InChI=1S/C16H19NO4/c1-3-16(4-2,15(20)21)17-13(18)10-12(14(17)19)11-8-6-5-7-9-11/h5-9,12H,3-4,10H2,1-2H3,(H,20,21). The summed E-state index contributed by atoms with van der Waals surface area (Å²) in [6.45, 7) is 3.38. The molecule has 5 heteroatoms. The van der Waals surface area contributed by atoms with Crippen LogP contribution in [0.3, 0.4) is 0 Å². The van der Waals surface area contributed by atoms with Gasteiger partial charge in [0.25, 0.3) is 0 Å². The number of carboxylic acid groups (broad SMARTS) is 1. The van der Waals surface area contributed by atoms with Gasteiger partial charge in [0, 0.05) is 6.42 Å². The maximum atomic E-state index is 12.6. The molecule has 1 aromatic carbocycles. The lowest BCUT2D eigenvalue weighted by Crippen LogP contribution is -2.56. The van der Waals surface area contributed by atoms with E-state index in [0.29, 0.717) is 0 Å². The Hall–Kier alpha value is -2.17. The fourth-order valence-electron chi connectivity index (χ4n) is 2.99. The maximum absolute atomic E-state index is 12.6. The second kappa shape index (κ2) is 5.68. The lowest BCUT2D eigenvalue weighted by atomic mass is 9.90. The zero-order valence-corrected chi connectivity index (χ0v) is 12.2.